The Morgan fingerprint density at radius 2 is 1.95 bits per heavy atom. The first kappa shape index (κ1) is 12.3. The Labute approximate surface area is 122 Å². The Hall–Kier alpha value is -0.480. The van der Waals surface area contributed by atoms with Gasteiger partial charge in [-0.2, -0.15) is 4.98 Å². The molecule has 1 spiro atoms. The van der Waals surface area contributed by atoms with E-state index in [4.69, 9.17) is 11.6 Å². The number of aromatic nitrogens is 2. The van der Waals surface area contributed by atoms with Crippen molar-refractivity contribution in [1.82, 2.24) is 9.97 Å². The van der Waals surface area contributed by atoms with Gasteiger partial charge in [-0.15, -0.1) is 11.8 Å². The lowest BCUT2D eigenvalue weighted by Gasteiger charge is -2.36. The molecule has 3 nitrogen and oxygen atoms in total. The minimum absolute atomic E-state index is 0.399. The van der Waals surface area contributed by atoms with Gasteiger partial charge in [-0.3, -0.25) is 0 Å². The molecule has 1 aliphatic heterocycles. The van der Waals surface area contributed by atoms with E-state index in [1.807, 2.05) is 11.8 Å². The van der Waals surface area contributed by atoms with Crippen LogP contribution in [0.25, 0.3) is 0 Å². The normalized spacial score (nSPS) is 24.5. The van der Waals surface area contributed by atoms with Crippen molar-refractivity contribution in [1.29, 1.82) is 0 Å². The number of hydrogen-bond donors (Lipinski definition) is 1. The summed E-state index contributed by atoms with van der Waals surface area (Å²) in [7, 11) is 0. The van der Waals surface area contributed by atoms with Gasteiger partial charge < -0.3 is 5.32 Å². The van der Waals surface area contributed by atoms with Gasteiger partial charge in [-0.1, -0.05) is 19.3 Å². The average molecular weight is 296 g/mol. The third-order valence-corrected chi connectivity index (χ3v) is 6.47. The van der Waals surface area contributed by atoms with Crippen molar-refractivity contribution in [2.24, 2.45) is 0 Å². The van der Waals surface area contributed by atoms with Crippen LogP contribution < -0.4 is 5.32 Å². The number of fused-ring (bicyclic) bond motifs is 1. The molecule has 1 aromatic heterocycles. The van der Waals surface area contributed by atoms with Gasteiger partial charge in [0.25, 0.3) is 0 Å². The fraction of sp³-hybridized carbons (Fsp3) is 0.714. The van der Waals surface area contributed by atoms with E-state index in [0.717, 1.165) is 12.2 Å². The topological polar surface area (TPSA) is 37.8 Å². The van der Waals surface area contributed by atoms with E-state index < -0.39 is 0 Å². The monoisotopic (exact) mass is 295 g/mol. The number of anilines is 1. The maximum absolute atomic E-state index is 6.10. The fourth-order valence-electron chi connectivity index (χ4n) is 3.46. The second kappa shape index (κ2) is 4.52. The van der Waals surface area contributed by atoms with Gasteiger partial charge in [0.15, 0.2) is 0 Å². The van der Waals surface area contributed by atoms with Gasteiger partial charge in [0.2, 0.25) is 5.28 Å². The highest BCUT2D eigenvalue weighted by atomic mass is 35.5. The molecular formula is C14H18ClN3S. The number of thioether (sulfide) groups is 1. The van der Waals surface area contributed by atoms with Crippen LogP contribution in [0.5, 0.6) is 0 Å². The molecule has 4 rings (SSSR count). The minimum Gasteiger partial charge on any atom is -0.366 e. The molecule has 2 saturated carbocycles. The molecule has 0 bridgehead atoms. The molecule has 0 amide bonds. The van der Waals surface area contributed by atoms with E-state index in [2.05, 4.69) is 15.3 Å². The van der Waals surface area contributed by atoms with Gasteiger partial charge >= 0.3 is 0 Å². The van der Waals surface area contributed by atoms with Crippen LogP contribution >= 0.6 is 23.4 Å². The number of nitrogens with one attached hydrogen (secondary N) is 1. The maximum atomic E-state index is 6.10. The number of nitrogens with zero attached hydrogens (tertiary/aromatic N) is 2. The summed E-state index contributed by atoms with van der Waals surface area (Å²) in [5.41, 5.74) is 1.17. The van der Waals surface area contributed by atoms with E-state index in [9.17, 15) is 0 Å². The SMILES string of the molecule is Clc1nc2c(c(NC3CCCC3)n1)SC1(CCC1)C2. The summed E-state index contributed by atoms with van der Waals surface area (Å²) in [5.74, 6) is 0.996. The Morgan fingerprint density at radius 3 is 2.63 bits per heavy atom. The van der Waals surface area contributed by atoms with E-state index >= 15 is 0 Å². The molecule has 3 aliphatic rings. The van der Waals surface area contributed by atoms with Gasteiger partial charge in [0.1, 0.15) is 5.82 Å². The van der Waals surface area contributed by atoms with Gasteiger partial charge in [0.05, 0.1) is 10.6 Å². The molecule has 102 valence electrons. The smallest absolute Gasteiger partial charge is 0.224 e. The van der Waals surface area contributed by atoms with Crippen molar-refractivity contribution in [3.05, 3.63) is 11.0 Å². The van der Waals surface area contributed by atoms with Crippen molar-refractivity contribution in [3.8, 4) is 0 Å². The fourth-order valence-corrected chi connectivity index (χ4v) is 5.22. The molecule has 0 saturated heterocycles. The Bertz CT molecular complexity index is 510. The van der Waals surface area contributed by atoms with Gasteiger partial charge in [-0.25, -0.2) is 4.98 Å². The molecule has 2 heterocycles. The van der Waals surface area contributed by atoms with E-state index in [-0.39, 0.29) is 0 Å². The van der Waals surface area contributed by atoms with Crippen molar-refractivity contribution >= 4 is 29.2 Å². The average Bonchev–Trinajstić information content (AvgIpc) is 2.94. The quantitative estimate of drug-likeness (QED) is 0.835. The van der Waals surface area contributed by atoms with Gasteiger partial charge in [0, 0.05) is 17.2 Å². The van der Waals surface area contributed by atoms with E-state index in [1.54, 1.807) is 0 Å². The summed E-state index contributed by atoms with van der Waals surface area (Å²) >= 11 is 8.09. The predicted octanol–water partition coefficient (Wildman–Crippen LogP) is 4.06. The zero-order valence-electron chi connectivity index (χ0n) is 10.9. The molecule has 1 N–H and O–H groups in total. The Balaban J connectivity index is 1.64. The van der Waals surface area contributed by atoms with E-state index in [1.165, 1.54) is 55.5 Å². The van der Waals surface area contributed by atoms with Crippen LogP contribution in [0, 0.1) is 0 Å². The first-order valence-electron chi connectivity index (χ1n) is 7.26. The molecule has 2 fully saturated rings. The molecule has 2 aliphatic carbocycles. The zero-order valence-corrected chi connectivity index (χ0v) is 12.5. The maximum Gasteiger partial charge on any atom is 0.224 e. The summed E-state index contributed by atoms with van der Waals surface area (Å²) < 4.78 is 0.424. The van der Waals surface area contributed by atoms with Gasteiger partial charge in [-0.05, 0) is 37.3 Å². The van der Waals surface area contributed by atoms with Crippen molar-refractivity contribution < 1.29 is 0 Å². The summed E-state index contributed by atoms with van der Waals surface area (Å²) in [4.78, 5) is 10.2. The minimum atomic E-state index is 0.399. The Kier molecular flexibility index (Phi) is 2.92. The molecule has 0 atom stereocenters. The summed E-state index contributed by atoms with van der Waals surface area (Å²) in [6.45, 7) is 0. The third-order valence-electron chi connectivity index (χ3n) is 4.68. The highest BCUT2D eigenvalue weighted by molar-refractivity contribution is 8.01. The number of rotatable bonds is 2. The molecule has 19 heavy (non-hydrogen) atoms. The third kappa shape index (κ3) is 2.13. The highest BCUT2D eigenvalue weighted by Gasteiger charge is 2.45. The molecule has 1 aromatic rings. The lowest BCUT2D eigenvalue weighted by Crippen LogP contribution is -2.32. The summed E-state index contributed by atoms with van der Waals surface area (Å²) in [6, 6.07) is 0.577. The second-order valence-corrected chi connectivity index (χ2v) is 7.87. The molecule has 0 unspecified atom stereocenters. The summed E-state index contributed by atoms with van der Waals surface area (Å²) in [5, 5.41) is 4.01. The van der Waals surface area contributed by atoms with Crippen LogP contribution in [0.1, 0.15) is 50.6 Å². The summed E-state index contributed by atoms with van der Waals surface area (Å²) in [6.07, 6.45) is 10.2. The first-order chi connectivity index (χ1) is 9.24. The van der Waals surface area contributed by atoms with Crippen LogP contribution in [-0.4, -0.2) is 20.8 Å². The highest BCUT2D eigenvalue weighted by Crippen LogP contribution is 2.57. The molecule has 0 radical (unpaired) electrons. The van der Waals surface area contributed by atoms with Crippen molar-refractivity contribution in [3.63, 3.8) is 0 Å². The molecule has 5 heteroatoms. The zero-order chi connectivity index (χ0) is 12.9. The molecule has 0 aromatic carbocycles. The van der Waals surface area contributed by atoms with Crippen molar-refractivity contribution in [2.45, 2.75) is 67.1 Å². The van der Waals surface area contributed by atoms with Crippen LogP contribution in [0.4, 0.5) is 5.82 Å². The largest absolute Gasteiger partial charge is 0.366 e. The van der Waals surface area contributed by atoms with Crippen LogP contribution in [0.3, 0.4) is 0 Å². The second-order valence-electron chi connectivity index (χ2n) is 6.06. The predicted molar refractivity (Wildman–Crippen MR) is 79.1 cm³/mol. The lowest BCUT2D eigenvalue weighted by molar-refractivity contribution is 0.365. The first-order valence-corrected chi connectivity index (χ1v) is 8.46. The standard InChI is InChI=1S/C14H18ClN3S/c15-13-17-10-8-14(6-3-7-14)19-11(10)12(18-13)16-9-4-1-2-5-9/h9H,1-8H2,(H,16,17,18). The molecular weight excluding hydrogens is 278 g/mol. The number of hydrogen-bond acceptors (Lipinski definition) is 4. The van der Waals surface area contributed by atoms with Crippen LogP contribution in [0.2, 0.25) is 5.28 Å². The van der Waals surface area contributed by atoms with Crippen LogP contribution in [-0.2, 0) is 6.42 Å². The van der Waals surface area contributed by atoms with Crippen LogP contribution in [0.15, 0.2) is 4.90 Å². The Morgan fingerprint density at radius 1 is 1.16 bits per heavy atom. The van der Waals surface area contributed by atoms with Crippen molar-refractivity contribution in [2.75, 3.05) is 5.32 Å². The lowest BCUT2D eigenvalue weighted by atomic mass is 9.81. The number of halogens is 1. The van der Waals surface area contributed by atoms with E-state index in [0.29, 0.717) is 16.1 Å².